The van der Waals surface area contributed by atoms with Crippen LogP contribution in [0.4, 0.5) is 0 Å². The van der Waals surface area contributed by atoms with E-state index in [9.17, 15) is 4.79 Å². The fourth-order valence-corrected chi connectivity index (χ4v) is 2.90. The monoisotopic (exact) mass is 282 g/mol. The molecule has 0 aliphatic heterocycles. The van der Waals surface area contributed by atoms with E-state index in [0.29, 0.717) is 5.16 Å². The van der Waals surface area contributed by atoms with Gasteiger partial charge in [0.15, 0.2) is 5.16 Å². The maximum Gasteiger partial charge on any atom is 0.343 e. The van der Waals surface area contributed by atoms with Crippen LogP contribution in [0.15, 0.2) is 26.5 Å². The van der Waals surface area contributed by atoms with Gasteiger partial charge in [-0.15, -0.1) is 5.10 Å². The Labute approximate surface area is 115 Å². The van der Waals surface area contributed by atoms with Crippen molar-refractivity contribution in [3.63, 3.8) is 0 Å². The molecule has 0 saturated heterocycles. The van der Waals surface area contributed by atoms with Gasteiger partial charge in [0.2, 0.25) is 0 Å². The minimum atomic E-state index is -0.234. The van der Waals surface area contributed by atoms with E-state index in [1.54, 1.807) is 7.05 Å². The van der Waals surface area contributed by atoms with Gasteiger partial charge in [0, 0.05) is 13.1 Å². The summed E-state index contributed by atoms with van der Waals surface area (Å²) in [5.74, 6) is 1.66. The Balaban J connectivity index is 2.29. The molecular formula is C12H18N4O2S. The summed E-state index contributed by atoms with van der Waals surface area (Å²) in [5, 5.41) is 6.96. The normalized spacial score (nSPS) is 14.5. The van der Waals surface area contributed by atoms with Crippen LogP contribution in [0, 0.1) is 6.92 Å². The summed E-state index contributed by atoms with van der Waals surface area (Å²) in [6.07, 6.45) is 0.815. The van der Waals surface area contributed by atoms with E-state index in [-0.39, 0.29) is 17.0 Å². The summed E-state index contributed by atoms with van der Waals surface area (Å²) in [7, 11) is 1.68. The number of H-pyrrole nitrogens is 1. The second-order valence-electron chi connectivity index (χ2n) is 4.43. The standard InChI is InChI=1S/C12H18N4O2S/c1-4-8(13)10(9-6-5-7(2)18-9)19-12-15-14-11(17)16(12)3/h5-6,8,10H,4,13H2,1-3H3,(H,14,17). The lowest BCUT2D eigenvalue weighted by atomic mass is 10.1. The molecule has 2 atom stereocenters. The molecule has 0 radical (unpaired) electrons. The Morgan fingerprint density at radius 2 is 2.32 bits per heavy atom. The molecule has 2 aromatic heterocycles. The number of furan rings is 1. The molecule has 2 heterocycles. The summed E-state index contributed by atoms with van der Waals surface area (Å²) >= 11 is 1.44. The van der Waals surface area contributed by atoms with Crippen molar-refractivity contribution in [2.45, 2.75) is 36.7 Å². The van der Waals surface area contributed by atoms with Gasteiger partial charge in [-0.1, -0.05) is 18.7 Å². The molecule has 0 aliphatic carbocycles. The molecule has 0 spiro atoms. The average Bonchev–Trinajstić information content (AvgIpc) is 2.95. The zero-order valence-electron chi connectivity index (χ0n) is 11.2. The van der Waals surface area contributed by atoms with Gasteiger partial charge in [-0.3, -0.25) is 4.57 Å². The summed E-state index contributed by atoms with van der Waals surface area (Å²) in [6, 6.07) is 3.77. The maximum atomic E-state index is 11.4. The Kier molecular flexibility index (Phi) is 4.16. The first kappa shape index (κ1) is 14.0. The van der Waals surface area contributed by atoms with Crippen molar-refractivity contribution in [2.24, 2.45) is 12.8 Å². The minimum absolute atomic E-state index is 0.0624. The number of thioether (sulfide) groups is 1. The van der Waals surface area contributed by atoms with Gasteiger partial charge in [-0.2, -0.15) is 0 Å². The molecular weight excluding hydrogens is 264 g/mol. The molecule has 0 saturated carbocycles. The van der Waals surface area contributed by atoms with E-state index in [1.165, 1.54) is 16.3 Å². The lowest BCUT2D eigenvalue weighted by Crippen LogP contribution is -2.26. The first-order valence-corrected chi connectivity index (χ1v) is 7.00. The largest absolute Gasteiger partial charge is 0.465 e. The van der Waals surface area contributed by atoms with E-state index in [2.05, 4.69) is 10.2 Å². The lowest BCUT2D eigenvalue weighted by Gasteiger charge is -2.19. The average molecular weight is 282 g/mol. The van der Waals surface area contributed by atoms with Crippen LogP contribution in [0.3, 0.4) is 0 Å². The molecule has 3 N–H and O–H groups in total. The highest BCUT2D eigenvalue weighted by Crippen LogP contribution is 2.37. The summed E-state index contributed by atoms with van der Waals surface area (Å²) < 4.78 is 7.13. The van der Waals surface area contributed by atoms with E-state index in [4.69, 9.17) is 10.2 Å². The van der Waals surface area contributed by atoms with Crippen LogP contribution in [0.2, 0.25) is 0 Å². The van der Waals surface area contributed by atoms with Crippen molar-refractivity contribution in [3.8, 4) is 0 Å². The molecule has 0 aliphatic rings. The molecule has 6 nitrogen and oxygen atoms in total. The van der Waals surface area contributed by atoms with E-state index < -0.39 is 0 Å². The van der Waals surface area contributed by atoms with Crippen LogP contribution in [-0.4, -0.2) is 20.8 Å². The number of aromatic nitrogens is 3. The third kappa shape index (κ3) is 2.93. The molecule has 0 aromatic carbocycles. The van der Waals surface area contributed by atoms with Crippen molar-refractivity contribution in [2.75, 3.05) is 0 Å². The van der Waals surface area contributed by atoms with Crippen LogP contribution in [-0.2, 0) is 7.05 Å². The highest BCUT2D eigenvalue weighted by atomic mass is 32.2. The third-order valence-electron chi connectivity index (χ3n) is 2.97. The van der Waals surface area contributed by atoms with Crippen molar-refractivity contribution in [3.05, 3.63) is 34.1 Å². The van der Waals surface area contributed by atoms with Crippen molar-refractivity contribution < 1.29 is 4.42 Å². The van der Waals surface area contributed by atoms with Crippen LogP contribution < -0.4 is 11.4 Å². The molecule has 2 rings (SSSR count). The van der Waals surface area contributed by atoms with Crippen LogP contribution in [0.5, 0.6) is 0 Å². The van der Waals surface area contributed by atoms with E-state index in [1.807, 2.05) is 26.0 Å². The number of nitrogens with two attached hydrogens (primary N) is 1. The minimum Gasteiger partial charge on any atom is -0.465 e. The Hall–Kier alpha value is -1.47. The number of aryl methyl sites for hydroxylation is 1. The SMILES string of the molecule is CCC(N)C(Sc1n[nH]c(=O)n1C)c1ccc(C)o1. The zero-order chi connectivity index (χ0) is 14.0. The quantitative estimate of drug-likeness (QED) is 0.813. The molecule has 0 bridgehead atoms. The summed E-state index contributed by atoms with van der Waals surface area (Å²) in [4.78, 5) is 11.4. The number of nitrogens with one attached hydrogen (secondary N) is 1. The molecule has 19 heavy (non-hydrogen) atoms. The zero-order valence-corrected chi connectivity index (χ0v) is 12.0. The summed E-state index contributed by atoms with van der Waals surface area (Å²) in [5.41, 5.74) is 5.92. The molecule has 2 unspecified atom stereocenters. The van der Waals surface area contributed by atoms with Crippen LogP contribution >= 0.6 is 11.8 Å². The van der Waals surface area contributed by atoms with Crippen molar-refractivity contribution in [1.29, 1.82) is 0 Å². The maximum absolute atomic E-state index is 11.4. The predicted molar refractivity (Wildman–Crippen MR) is 74.1 cm³/mol. The Morgan fingerprint density at radius 1 is 1.58 bits per heavy atom. The van der Waals surface area contributed by atoms with Crippen LogP contribution in [0.25, 0.3) is 0 Å². The van der Waals surface area contributed by atoms with Crippen LogP contribution in [0.1, 0.15) is 30.1 Å². The second-order valence-corrected chi connectivity index (χ2v) is 5.54. The van der Waals surface area contributed by atoms with E-state index >= 15 is 0 Å². The van der Waals surface area contributed by atoms with Gasteiger partial charge < -0.3 is 10.2 Å². The predicted octanol–water partition coefficient (Wildman–Crippen LogP) is 1.58. The lowest BCUT2D eigenvalue weighted by molar-refractivity contribution is 0.454. The van der Waals surface area contributed by atoms with Gasteiger partial charge in [-0.25, -0.2) is 9.89 Å². The van der Waals surface area contributed by atoms with Crippen molar-refractivity contribution >= 4 is 11.8 Å². The topological polar surface area (TPSA) is 89.8 Å². The number of hydrogen-bond acceptors (Lipinski definition) is 5. The smallest absolute Gasteiger partial charge is 0.343 e. The first-order chi connectivity index (χ1) is 9.02. The summed E-state index contributed by atoms with van der Waals surface area (Å²) in [6.45, 7) is 3.92. The highest BCUT2D eigenvalue weighted by molar-refractivity contribution is 7.99. The van der Waals surface area contributed by atoms with Gasteiger partial charge in [0.25, 0.3) is 0 Å². The van der Waals surface area contributed by atoms with Gasteiger partial charge in [0.05, 0.1) is 5.25 Å². The second kappa shape index (κ2) is 5.66. The van der Waals surface area contributed by atoms with Gasteiger partial charge in [-0.05, 0) is 25.5 Å². The number of hydrogen-bond donors (Lipinski definition) is 2. The fourth-order valence-electron chi connectivity index (χ4n) is 1.73. The third-order valence-corrected chi connectivity index (χ3v) is 4.38. The van der Waals surface area contributed by atoms with Gasteiger partial charge >= 0.3 is 5.69 Å². The van der Waals surface area contributed by atoms with E-state index in [0.717, 1.165) is 17.9 Å². The van der Waals surface area contributed by atoms with Crippen molar-refractivity contribution in [1.82, 2.24) is 14.8 Å². The Morgan fingerprint density at radius 3 is 2.79 bits per heavy atom. The highest BCUT2D eigenvalue weighted by Gasteiger charge is 2.25. The number of rotatable bonds is 5. The molecule has 0 fully saturated rings. The van der Waals surface area contributed by atoms with Gasteiger partial charge in [0.1, 0.15) is 11.5 Å². The fraction of sp³-hybridized carbons (Fsp3) is 0.500. The first-order valence-electron chi connectivity index (χ1n) is 6.13. The molecule has 0 amide bonds. The molecule has 2 aromatic rings. The number of aromatic amines is 1. The Bertz CT molecular complexity index is 601. The number of nitrogens with zero attached hydrogens (tertiary/aromatic N) is 2. The molecule has 7 heteroatoms. The molecule has 104 valence electrons.